The number of nitrogens with zero attached hydrogens (tertiary/aromatic N) is 3. The standard InChI is InChI=1S/C21H31N5O5S2/c1-6-31-16(28)7-14-10-32-21(23-14)33-11-15(27)25(8-12(2)3)17-18(22)26(9-13(4)5)20(30)24-19(17)29/h10,12-13H,6-9,11,22H2,1-5H3,(H,24,29,30). The van der Waals surface area contributed by atoms with Crippen molar-refractivity contribution in [2.45, 2.75) is 51.9 Å². The number of carbonyl (C=O) groups excluding carboxylic acids is 2. The Morgan fingerprint density at radius 1 is 1.27 bits per heavy atom. The van der Waals surface area contributed by atoms with Crippen molar-refractivity contribution >= 4 is 46.5 Å². The highest BCUT2D eigenvalue weighted by atomic mass is 32.2. The minimum Gasteiger partial charge on any atom is -0.466 e. The minimum absolute atomic E-state index is 0.0151. The number of nitrogens with one attached hydrogen (secondary N) is 1. The van der Waals surface area contributed by atoms with Crippen molar-refractivity contribution in [2.75, 3.05) is 29.5 Å². The van der Waals surface area contributed by atoms with E-state index in [4.69, 9.17) is 10.5 Å². The van der Waals surface area contributed by atoms with Crippen LogP contribution in [-0.4, -0.2) is 45.3 Å². The van der Waals surface area contributed by atoms with Crippen LogP contribution in [0, 0.1) is 11.8 Å². The van der Waals surface area contributed by atoms with E-state index in [0.717, 1.165) is 0 Å². The zero-order chi connectivity index (χ0) is 24.7. The molecule has 2 aromatic rings. The van der Waals surface area contributed by atoms with Crippen molar-refractivity contribution < 1.29 is 14.3 Å². The Morgan fingerprint density at radius 2 is 1.97 bits per heavy atom. The van der Waals surface area contributed by atoms with E-state index in [1.54, 1.807) is 12.3 Å². The van der Waals surface area contributed by atoms with Crippen molar-refractivity contribution in [3.63, 3.8) is 0 Å². The molecule has 3 N–H and O–H groups in total. The second-order valence-electron chi connectivity index (χ2n) is 8.27. The SMILES string of the molecule is CCOC(=O)Cc1csc(SCC(=O)N(CC(C)C)c2c(N)n(CC(C)C)c(=O)[nH]c2=O)n1. The Kier molecular flexibility index (Phi) is 9.71. The van der Waals surface area contributed by atoms with Crippen LogP contribution >= 0.6 is 23.1 Å². The zero-order valence-electron chi connectivity index (χ0n) is 19.5. The summed E-state index contributed by atoms with van der Waals surface area (Å²) >= 11 is 2.54. The number of amides is 1. The van der Waals surface area contributed by atoms with Gasteiger partial charge in [0.2, 0.25) is 5.91 Å². The first-order valence-corrected chi connectivity index (χ1v) is 12.6. The van der Waals surface area contributed by atoms with Gasteiger partial charge in [0.15, 0.2) is 10.0 Å². The molecular weight excluding hydrogens is 466 g/mol. The molecule has 0 saturated carbocycles. The summed E-state index contributed by atoms with van der Waals surface area (Å²) in [5.41, 5.74) is 5.49. The zero-order valence-corrected chi connectivity index (χ0v) is 21.2. The number of hydrogen-bond donors (Lipinski definition) is 2. The van der Waals surface area contributed by atoms with Gasteiger partial charge in [0, 0.05) is 18.5 Å². The number of aromatic nitrogens is 3. The summed E-state index contributed by atoms with van der Waals surface area (Å²) in [5, 5.41) is 1.75. The van der Waals surface area contributed by atoms with Crippen LogP contribution in [0.2, 0.25) is 0 Å². The highest BCUT2D eigenvalue weighted by molar-refractivity contribution is 8.01. The van der Waals surface area contributed by atoms with Gasteiger partial charge in [0.05, 0.1) is 24.5 Å². The van der Waals surface area contributed by atoms with E-state index in [1.165, 1.54) is 32.6 Å². The van der Waals surface area contributed by atoms with E-state index in [2.05, 4.69) is 9.97 Å². The third-order valence-electron chi connectivity index (χ3n) is 4.36. The summed E-state index contributed by atoms with van der Waals surface area (Å²) in [7, 11) is 0. The molecule has 33 heavy (non-hydrogen) atoms. The molecule has 182 valence electrons. The molecule has 0 saturated heterocycles. The van der Waals surface area contributed by atoms with Gasteiger partial charge in [-0.3, -0.25) is 23.9 Å². The molecule has 0 aliphatic rings. The van der Waals surface area contributed by atoms with E-state index in [-0.39, 0.29) is 53.9 Å². The van der Waals surface area contributed by atoms with E-state index < -0.39 is 11.2 Å². The maximum Gasteiger partial charge on any atom is 0.330 e. The summed E-state index contributed by atoms with van der Waals surface area (Å²) in [6.07, 6.45) is 0.0711. The molecule has 2 heterocycles. The third kappa shape index (κ3) is 7.46. The molecule has 0 aliphatic carbocycles. The van der Waals surface area contributed by atoms with Gasteiger partial charge < -0.3 is 15.4 Å². The van der Waals surface area contributed by atoms with Crippen LogP contribution in [0.3, 0.4) is 0 Å². The number of thioether (sulfide) groups is 1. The van der Waals surface area contributed by atoms with Crippen LogP contribution in [0.1, 0.15) is 40.3 Å². The van der Waals surface area contributed by atoms with Gasteiger partial charge in [-0.15, -0.1) is 11.3 Å². The number of esters is 1. The molecule has 12 heteroatoms. The molecule has 2 rings (SSSR count). The van der Waals surface area contributed by atoms with Gasteiger partial charge >= 0.3 is 11.7 Å². The highest BCUT2D eigenvalue weighted by Gasteiger charge is 2.25. The van der Waals surface area contributed by atoms with Crippen LogP contribution in [0.4, 0.5) is 11.5 Å². The molecule has 0 radical (unpaired) electrons. The average molecular weight is 498 g/mol. The van der Waals surface area contributed by atoms with E-state index in [9.17, 15) is 19.2 Å². The fourth-order valence-electron chi connectivity index (χ4n) is 3.06. The smallest absolute Gasteiger partial charge is 0.330 e. The molecule has 0 aliphatic heterocycles. The largest absolute Gasteiger partial charge is 0.466 e. The van der Waals surface area contributed by atoms with Crippen molar-refractivity contribution in [1.82, 2.24) is 14.5 Å². The predicted molar refractivity (Wildman–Crippen MR) is 131 cm³/mol. The van der Waals surface area contributed by atoms with Crippen LogP contribution < -0.4 is 21.9 Å². The van der Waals surface area contributed by atoms with Crippen LogP contribution in [0.25, 0.3) is 0 Å². The van der Waals surface area contributed by atoms with Gasteiger partial charge in [0.25, 0.3) is 5.56 Å². The number of ether oxygens (including phenoxy) is 1. The van der Waals surface area contributed by atoms with Gasteiger partial charge in [-0.2, -0.15) is 0 Å². The van der Waals surface area contributed by atoms with Crippen LogP contribution in [-0.2, 0) is 27.3 Å². The van der Waals surface area contributed by atoms with Crippen LogP contribution in [0.15, 0.2) is 19.3 Å². The van der Waals surface area contributed by atoms with Crippen LogP contribution in [0.5, 0.6) is 0 Å². The Bertz CT molecular complexity index is 1090. The van der Waals surface area contributed by atoms with Gasteiger partial charge in [0.1, 0.15) is 5.82 Å². The number of anilines is 2. The lowest BCUT2D eigenvalue weighted by Crippen LogP contribution is -2.43. The summed E-state index contributed by atoms with van der Waals surface area (Å²) in [6.45, 7) is 10.3. The van der Waals surface area contributed by atoms with Crippen molar-refractivity contribution in [3.05, 3.63) is 31.9 Å². The van der Waals surface area contributed by atoms with E-state index in [1.807, 2.05) is 27.7 Å². The Balaban J connectivity index is 2.25. The van der Waals surface area contributed by atoms with Gasteiger partial charge in [-0.25, -0.2) is 9.78 Å². The number of thiazole rings is 1. The number of aromatic amines is 1. The third-order valence-corrected chi connectivity index (χ3v) is 6.42. The number of nitrogens with two attached hydrogens (primary N) is 1. The average Bonchev–Trinajstić information content (AvgIpc) is 3.15. The Morgan fingerprint density at radius 3 is 2.58 bits per heavy atom. The number of hydrogen-bond acceptors (Lipinski definition) is 9. The fourth-order valence-corrected chi connectivity index (χ4v) is 4.79. The number of rotatable bonds is 11. The summed E-state index contributed by atoms with van der Waals surface area (Å²) in [6, 6.07) is 0. The Labute approximate surface area is 200 Å². The lowest BCUT2D eigenvalue weighted by molar-refractivity contribution is -0.142. The molecule has 0 unspecified atom stereocenters. The molecule has 0 atom stereocenters. The van der Waals surface area contributed by atoms with Crippen molar-refractivity contribution in [1.29, 1.82) is 0 Å². The van der Waals surface area contributed by atoms with Crippen molar-refractivity contribution in [2.24, 2.45) is 11.8 Å². The molecule has 10 nitrogen and oxygen atoms in total. The summed E-state index contributed by atoms with van der Waals surface area (Å²) in [4.78, 5) is 57.7. The first-order valence-electron chi connectivity index (χ1n) is 10.7. The number of nitrogen functional groups attached to an aromatic ring is 1. The second-order valence-corrected chi connectivity index (χ2v) is 10.4. The molecule has 2 aromatic heterocycles. The molecule has 0 fully saturated rings. The highest BCUT2D eigenvalue weighted by Crippen LogP contribution is 2.25. The maximum absolute atomic E-state index is 13.2. The monoisotopic (exact) mass is 497 g/mol. The van der Waals surface area contributed by atoms with Gasteiger partial charge in [-0.05, 0) is 18.8 Å². The van der Waals surface area contributed by atoms with E-state index in [0.29, 0.717) is 23.2 Å². The fraction of sp³-hybridized carbons (Fsp3) is 0.571. The molecule has 1 amide bonds. The minimum atomic E-state index is -0.692. The first-order chi connectivity index (χ1) is 15.5. The number of H-pyrrole nitrogens is 1. The quantitative estimate of drug-likeness (QED) is 0.355. The molecule has 0 bridgehead atoms. The predicted octanol–water partition coefficient (Wildman–Crippen LogP) is 2.12. The molecule has 0 spiro atoms. The molecule has 0 aromatic carbocycles. The normalized spacial score (nSPS) is 11.2. The van der Waals surface area contributed by atoms with E-state index >= 15 is 0 Å². The molecular formula is C21H31N5O5S2. The summed E-state index contributed by atoms with van der Waals surface area (Å²) in [5.74, 6) is -0.530. The van der Waals surface area contributed by atoms with Gasteiger partial charge in [-0.1, -0.05) is 39.5 Å². The lowest BCUT2D eigenvalue weighted by Gasteiger charge is -2.26. The Hall–Kier alpha value is -2.60. The van der Waals surface area contributed by atoms with Crippen molar-refractivity contribution in [3.8, 4) is 0 Å². The maximum atomic E-state index is 13.2. The number of carbonyl (C=O) groups is 2. The summed E-state index contributed by atoms with van der Waals surface area (Å²) < 4.78 is 6.84. The second kappa shape index (κ2) is 12.0. The first kappa shape index (κ1) is 26.7. The lowest BCUT2D eigenvalue weighted by atomic mass is 10.2. The topological polar surface area (TPSA) is 140 Å².